The van der Waals surface area contributed by atoms with E-state index in [9.17, 15) is 10.1 Å². The highest BCUT2D eigenvalue weighted by atomic mass is 16.5. The molecule has 0 bridgehead atoms. The number of aromatic nitrogens is 2. The fourth-order valence-corrected chi connectivity index (χ4v) is 4.89. The van der Waals surface area contributed by atoms with Gasteiger partial charge in [-0.1, -0.05) is 18.2 Å². The van der Waals surface area contributed by atoms with Crippen molar-refractivity contribution in [1.29, 1.82) is 5.26 Å². The number of piperazine rings is 1. The Hall–Kier alpha value is -3.37. The van der Waals surface area contributed by atoms with E-state index in [2.05, 4.69) is 47.1 Å². The minimum absolute atomic E-state index is 0.0492. The van der Waals surface area contributed by atoms with Crippen LogP contribution in [0.25, 0.3) is 22.0 Å². The predicted octanol–water partition coefficient (Wildman–Crippen LogP) is 4.05. The number of anilines is 1. The van der Waals surface area contributed by atoms with Crippen LogP contribution in [0.2, 0.25) is 0 Å². The van der Waals surface area contributed by atoms with Crippen molar-refractivity contribution in [2.45, 2.75) is 38.1 Å². The van der Waals surface area contributed by atoms with Gasteiger partial charge in [0.05, 0.1) is 29.8 Å². The lowest BCUT2D eigenvalue weighted by atomic mass is 9.97. The second-order valence-electron chi connectivity index (χ2n) is 9.05. The number of nitriles is 1. The maximum atomic E-state index is 12.5. The molecule has 1 aliphatic carbocycles. The molecule has 2 aromatic heterocycles. The first-order chi connectivity index (χ1) is 16.1. The molecular weight excluding hydrogens is 414 g/mol. The molecule has 1 saturated heterocycles. The van der Waals surface area contributed by atoms with Gasteiger partial charge >= 0.3 is 0 Å². The third-order valence-electron chi connectivity index (χ3n) is 6.76. The van der Waals surface area contributed by atoms with Crippen LogP contribution in [0.4, 0.5) is 5.82 Å². The van der Waals surface area contributed by atoms with Gasteiger partial charge in [-0.2, -0.15) is 5.26 Å². The monoisotopic (exact) mass is 443 g/mol. The third-order valence-corrected chi connectivity index (χ3v) is 6.76. The number of H-pyrrole nitrogens is 1. The molecule has 33 heavy (non-hydrogen) atoms. The highest BCUT2D eigenvalue weighted by Crippen LogP contribution is 2.46. The zero-order valence-electron chi connectivity index (χ0n) is 19.2. The molecule has 2 aliphatic rings. The number of para-hydroxylation sites is 1. The molecular formula is C26H29N5O2. The van der Waals surface area contributed by atoms with Gasteiger partial charge < -0.3 is 19.5 Å². The molecule has 3 aromatic rings. The summed E-state index contributed by atoms with van der Waals surface area (Å²) in [5, 5.41) is 11.2. The fraction of sp³-hybridized carbons (Fsp3) is 0.423. The summed E-state index contributed by atoms with van der Waals surface area (Å²) >= 11 is 0. The van der Waals surface area contributed by atoms with Crippen LogP contribution in [-0.4, -0.2) is 60.2 Å². The summed E-state index contributed by atoms with van der Waals surface area (Å²) < 4.78 is 5.06. The molecule has 1 saturated carbocycles. The van der Waals surface area contributed by atoms with E-state index in [1.54, 1.807) is 7.11 Å². The van der Waals surface area contributed by atoms with Gasteiger partial charge in [0.15, 0.2) is 0 Å². The first-order valence-electron chi connectivity index (χ1n) is 11.7. The first kappa shape index (κ1) is 21.5. The molecule has 1 aliphatic heterocycles. The summed E-state index contributed by atoms with van der Waals surface area (Å²) in [5.74, 6) is 1.30. The molecule has 1 unspecified atom stereocenters. The Morgan fingerprint density at radius 2 is 2.12 bits per heavy atom. The van der Waals surface area contributed by atoms with Crippen LogP contribution in [0.3, 0.4) is 0 Å². The number of hydrogen-bond donors (Lipinski definition) is 1. The summed E-state index contributed by atoms with van der Waals surface area (Å²) in [4.78, 5) is 25.1. The van der Waals surface area contributed by atoms with E-state index in [-0.39, 0.29) is 11.9 Å². The SMILES string of the molecule is COCCC(=O)N1CCN(c2nc(C3CC3)c(-c3cccc4cc[nH]c34)cc2C#N)CC1C. The van der Waals surface area contributed by atoms with Crippen LogP contribution in [0.15, 0.2) is 36.5 Å². The Morgan fingerprint density at radius 3 is 2.85 bits per heavy atom. The summed E-state index contributed by atoms with van der Waals surface area (Å²) in [6.07, 6.45) is 4.61. The van der Waals surface area contributed by atoms with Gasteiger partial charge in [0.2, 0.25) is 5.91 Å². The number of amides is 1. The average molecular weight is 444 g/mol. The van der Waals surface area contributed by atoms with E-state index >= 15 is 0 Å². The van der Waals surface area contributed by atoms with E-state index < -0.39 is 0 Å². The number of hydrogen-bond acceptors (Lipinski definition) is 5. The van der Waals surface area contributed by atoms with Crippen molar-refractivity contribution in [3.8, 4) is 17.2 Å². The average Bonchev–Trinajstić information content (AvgIpc) is 3.57. The largest absolute Gasteiger partial charge is 0.384 e. The normalized spacial score (nSPS) is 18.5. The molecule has 5 rings (SSSR count). The number of aromatic amines is 1. The Balaban J connectivity index is 1.49. The van der Waals surface area contributed by atoms with Crippen LogP contribution in [0, 0.1) is 11.3 Å². The second-order valence-corrected chi connectivity index (χ2v) is 9.05. The van der Waals surface area contributed by atoms with Crippen LogP contribution >= 0.6 is 0 Å². The first-order valence-corrected chi connectivity index (χ1v) is 11.7. The predicted molar refractivity (Wildman–Crippen MR) is 128 cm³/mol. The molecule has 1 aromatic carbocycles. The third kappa shape index (κ3) is 4.07. The number of ether oxygens (including phenoxy) is 1. The number of carbonyl (C=O) groups is 1. The number of benzene rings is 1. The van der Waals surface area contributed by atoms with E-state index in [4.69, 9.17) is 9.72 Å². The van der Waals surface area contributed by atoms with Crippen molar-refractivity contribution in [2.75, 3.05) is 38.3 Å². The number of nitrogens with one attached hydrogen (secondary N) is 1. The standard InChI is InChI=1S/C26H29N5O2/c1-17-16-30(11-12-31(17)23(32)9-13-33-2)26-20(15-27)14-22(25(29-26)19-6-7-19)21-5-3-4-18-8-10-28-24(18)21/h3-5,8,10,14,17,19,28H,6-7,9,11-13,16H2,1-2H3. The summed E-state index contributed by atoms with van der Waals surface area (Å²) in [7, 11) is 1.61. The Labute approximate surface area is 194 Å². The van der Waals surface area contributed by atoms with E-state index in [0.29, 0.717) is 44.1 Å². The number of rotatable bonds is 6. The minimum atomic E-state index is 0.0492. The molecule has 0 radical (unpaired) electrons. The molecule has 170 valence electrons. The van der Waals surface area contributed by atoms with Crippen molar-refractivity contribution in [1.82, 2.24) is 14.9 Å². The van der Waals surface area contributed by atoms with Gasteiger partial charge in [-0.3, -0.25) is 4.79 Å². The lowest BCUT2D eigenvalue weighted by Gasteiger charge is -2.41. The van der Waals surface area contributed by atoms with Crippen LogP contribution in [0.5, 0.6) is 0 Å². The molecule has 1 atom stereocenters. The Kier molecular flexibility index (Phi) is 5.77. The maximum absolute atomic E-state index is 12.5. The number of pyridine rings is 1. The molecule has 1 N–H and O–H groups in total. The number of methoxy groups -OCH3 is 1. The van der Waals surface area contributed by atoms with Gasteiger partial charge in [-0.05, 0) is 37.3 Å². The maximum Gasteiger partial charge on any atom is 0.225 e. The van der Waals surface area contributed by atoms with Crippen molar-refractivity contribution in [3.05, 3.63) is 47.8 Å². The summed E-state index contributed by atoms with van der Waals surface area (Å²) in [5.41, 5.74) is 4.89. The smallest absolute Gasteiger partial charge is 0.225 e. The van der Waals surface area contributed by atoms with Crippen molar-refractivity contribution in [2.24, 2.45) is 0 Å². The molecule has 7 nitrogen and oxygen atoms in total. The van der Waals surface area contributed by atoms with E-state index in [0.717, 1.165) is 46.4 Å². The van der Waals surface area contributed by atoms with Crippen LogP contribution < -0.4 is 4.90 Å². The molecule has 1 amide bonds. The molecule has 2 fully saturated rings. The Morgan fingerprint density at radius 1 is 1.27 bits per heavy atom. The van der Waals surface area contributed by atoms with E-state index in [1.165, 1.54) is 0 Å². The van der Waals surface area contributed by atoms with Gasteiger partial charge in [0.25, 0.3) is 0 Å². The zero-order chi connectivity index (χ0) is 22.9. The summed E-state index contributed by atoms with van der Waals surface area (Å²) in [6, 6.07) is 12.8. The van der Waals surface area contributed by atoms with Crippen LogP contribution in [0.1, 0.15) is 43.4 Å². The van der Waals surface area contributed by atoms with Crippen molar-refractivity contribution in [3.63, 3.8) is 0 Å². The van der Waals surface area contributed by atoms with Gasteiger partial charge in [0, 0.05) is 56.0 Å². The van der Waals surface area contributed by atoms with Gasteiger partial charge in [-0.25, -0.2) is 4.98 Å². The number of fused-ring (bicyclic) bond motifs is 1. The Bertz CT molecular complexity index is 1220. The zero-order valence-corrected chi connectivity index (χ0v) is 19.2. The van der Waals surface area contributed by atoms with Crippen molar-refractivity contribution < 1.29 is 9.53 Å². The van der Waals surface area contributed by atoms with E-state index in [1.807, 2.05) is 17.2 Å². The van der Waals surface area contributed by atoms with Gasteiger partial charge in [-0.15, -0.1) is 0 Å². The highest BCUT2D eigenvalue weighted by molar-refractivity contribution is 5.95. The number of nitrogens with zero attached hydrogens (tertiary/aromatic N) is 4. The molecule has 3 heterocycles. The summed E-state index contributed by atoms with van der Waals surface area (Å²) in [6.45, 7) is 4.45. The lowest BCUT2D eigenvalue weighted by molar-refractivity contribution is -0.134. The fourth-order valence-electron chi connectivity index (χ4n) is 4.89. The van der Waals surface area contributed by atoms with Crippen molar-refractivity contribution >= 4 is 22.6 Å². The van der Waals surface area contributed by atoms with Gasteiger partial charge in [0.1, 0.15) is 11.9 Å². The minimum Gasteiger partial charge on any atom is -0.384 e. The highest BCUT2D eigenvalue weighted by Gasteiger charge is 2.33. The van der Waals surface area contributed by atoms with Crippen LogP contribution in [-0.2, 0) is 9.53 Å². The topological polar surface area (TPSA) is 85.2 Å². The lowest BCUT2D eigenvalue weighted by Crippen LogP contribution is -2.54. The molecule has 0 spiro atoms. The second kappa shape index (κ2) is 8.87. The number of carbonyl (C=O) groups excluding carboxylic acids is 1. The molecule has 7 heteroatoms. The quantitative estimate of drug-likeness (QED) is 0.621.